The van der Waals surface area contributed by atoms with Crippen molar-refractivity contribution in [2.24, 2.45) is 5.16 Å². The summed E-state index contributed by atoms with van der Waals surface area (Å²) in [6.45, 7) is 4.45. The molecule has 2 atom stereocenters. The molecule has 1 saturated heterocycles. The average Bonchev–Trinajstić information content (AvgIpc) is 3.21. The molecule has 1 aromatic rings. The molecule has 34 heavy (non-hydrogen) atoms. The number of thiazole rings is 1. The summed E-state index contributed by atoms with van der Waals surface area (Å²) in [6, 6.07) is -0.997. The van der Waals surface area contributed by atoms with E-state index in [1.54, 1.807) is 20.8 Å². The number of hydrogen-bond donors (Lipinski definition) is 3. The largest absolute Gasteiger partial charge is 0.477 e. The molecule has 0 spiro atoms. The number of amides is 3. The maximum atomic E-state index is 13.0. The highest BCUT2D eigenvalue weighted by Gasteiger charge is 2.53. The second-order valence-corrected chi connectivity index (χ2v) is 9.89. The van der Waals surface area contributed by atoms with Crippen LogP contribution >= 0.6 is 23.1 Å². The number of aromatic nitrogens is 1. The zero-order valence-corrected chi connectivity index (χ0v) is 19.9. The lowest BCUT2D eigenvalue weighted by Crippen LogP contribution is -2.70. The molecule has 2 aliphatic rings. The number of rotatable bonds is 9. The maximum Gasteiger partial charge on any atom is 0.352 e. The van der Waals surface area contributed by atoms with Gasteiger partial charge in [-0.15, -0.1) is 23.1 Å². The van der Waals surface area contributed by atoms with Gasteiger partial charge in [-0.2, -0.15) is 0 Å². The Bertz CT molecular complexity index is 1080. The second kappa shape index (κ2) is 10.2. The van der Waals surface area contributed by atoms with Crippen LogP contribution in [0.2, 0.25) is 0 Å². The minimum absolute atomic E-state index is 0.0297. The monoisotopic (exact) mass is 511 g/mol. The zero-order chi connectivity index (χ0) is 25.0. The topological polar surface area (TPSA) is 177 Å². The number of fused-ring (bicyclic) bond motifs is 1. The lowest BCUT2D eigenvalue weighted by atomic mass is 10.0. The van der Waals surface area contributed by atoms with E-state index < -0.39 is 47.4 Å². The Morgan fingerprint density at radius 3 is 2.76 bits per heavy atom. The number of carboxylic acid groups (broad SMARTS) is 1. The van der Waals surface area contributed by atoms with Gasteiger partial charge in [0.2, 0.25) is 13.0 Å². The fraction of sp³-hybridized carbons (Fsp3) is 0.421. The molecular formula is C19H21N5O8S2. The molecule has 0 aliphatic carbocycles. The van der Waals surface area contributed by atoms with E-state index >= 15 is 0 Å². The smallest absolute Gasteiger partial charge is 0.352 e. The van der Waals surface area contributed by atoms with Crippen molar-refractivity contribution in [3.8, 4) is 0 Å². The molecule has 13 nitrogen and oxygen atoms in total. The molecule has 182 valence electrons. The summed E-state index contributed by atoms with van der Waals surface area (Å²) in [5, 5.41) is 18.9. The summed E-state index contributed by atoms with van der Waals surface area (Å²) >= 11 is 2.30. The van der Waals surface area contributed by atoms with E-state index in [1.165, 1.54) is 23.2 Å². The summed E-state index contributed by atoms with van der Waals surface area (Å²) < 4.78 is 5.11. The quantitative estimate of drug-likeness (QED) is 0.136. The summed E-state index contributed by atoms with van der Waals surface area (Å²) in [5.74, 6) is -3.02. The molecule has 0 saturated carbocycles. The second-order valence-electron chi connectivity index (χ2n) is 7.88. The van der Waals surface area contributed by atoms with Crippen LogP contribution < -0.4 is 10.6 Å². The normalized spacial score (nSPS) is 19.9. The van der Waals surface area contributed by atoms with E-state index in [0.717, 1.165) is 16.2 Å². The van der Waals surface area contributed by atoms with Crippen molar-refractivity contribution in [1.82, 2.24) is 15.2 Å². The summed E-state index contributed by atoms with van der Waals surface area (Å²) in [7, 11) is 0. The minimum Gasteiger partial charge on any atom is -0.477 e. The number of carboxylic acids is 1. The molecule has 0 radical (unpaired) electrons. The van der Waals surface area contributed by atoms with Gasteiger partial charge in [-0.25, -0.2) is 14.6 Å². The van der Waals surface area contributed by atoms with Crippen LogP contribution in [-0.2, 0) is 33.5 Å². The van der Waals surface area contributed by atoms with E-state index in [4.69, 9.17) is 9.57 Å². The highest BCUT2D eigenvalue weighted by molar-refractivity contribution is 8.00. The summed E-state index contributed by atoms with van der Waals surface area (Å²) in [5.41, 5.74) is -1.20. The number of oxime groups is 1. The molecule has 0 aromatic carbocycles. The van der Waals surface area contributed by atoms with Crippen LogP contribution in [-0.4, -0.2) is 80.2 Å². The third-order valence-corrected chi connectivity index (χ3v) is 6.21. The number of hydrogen-bond acceptors (Lipinski definition) is 11. The van der Waals surface area contributed by atoms with E-state index in [2.05, 4.69) is 20.8 Å². The number of esters is 1. The molecule has 3 heterocycles. The van der Waals surface area contributed by atoms with Gasteiger partial charge >= 0.3 is 11.9 Å². The Kier molecular flexibility index (Phi) is 7.56. The van der Waals surface area contributed by atoms with Gasteiger partial charge in [0, 0.05) is 11.1 Å². The number of carbonyl (C=O) groups excluding carboxylic acids is 4. The lowest BCUT2D eigenvalue weighted by Gasteiger charge is -2.48. The van der Waals surface area contributed by atoms with Gasteiger partial charge in [0.15, 0.2) is 10.8 Å². The van der Waals surface area contributed by atoms with Crippen LogP contribution in [0.25, 0.3) is 0 Å². The van der Waals surface area contributed by atoms with E-state index in [0.29, 0.717) is 12.2 Å². The van der Waals surface area contributed by atoms with Gasteiger partial charge in [0.1, 0.15) is 28.4 Å². The highest BCUT2D eigenvalue weighted by atomic mass is 32.2. The van der Waals surface area contributed by atoms with Crippen LogP contribution in [0.4, 0.5) is 5.13 Å². The number of carbonyl (C=O) groups is 5. The van der Waals surface area contributed by atoms with Gasteiger partial charge < -0.3 is 25.3 Å². The molecule has 15 heteroatoms. The van der Waals surface area contributed by atoms with Gasteiger partial charge in [0.25, 0.3) is 11.8 Å². The van der Waals surface area contributed by atoms with Gasteiger partial charge in [-0.05, 0) is 26.8 Å². The number of thioether (sulfide) groups is 1. The first-order chi connectivity index (χ1) is 16.0. The van der Waals surface area contributed by atoms with Crippen molar-refractivity contribution >= 4 is 64.1 Å². The van der Waals surface area contributed by atoms with E-state index in [-0.39, 0.29) is 22.2 Å². The van der Waals surface area contributed by atoms with Crippen LogP contribution in [0.1, 0.15) is 26.5 Å². The third kappa shape index (κ3) is 5.72. The molecule has 1 fully saturated rings. The van der Waals surface area contributed by atoms with Crippen LogP contribution in [0, 0.1) is 0 Å². The first-order valence-corrected chi connectivity index (χ1v) is 11.7. The molecule has 0 bridgehead atoms. The molecular weight excluding hydrogens is 490 g/mol. The van der Waals surface area contributed by atoms with Crippen molar-refractivity contribution < 1.29 is 38.7 Å². The van der Waals surface area contributed by atoms with Gasteiger partial charge in [-0.1, -0.05) is 5.16 Å². The van der Waals surface area contributed by atoms with Crippen LogP contribution in [0.3, 0.4) is 0 Å². The summed E-state index contributed by atoms with van der Waals surface area (Å²) in [6.07, 6.45) is 1.83. The SMILES string of the molecule is CC(C)(C)OC(=O)CON=C(C(=O)NC1C(=O)N2C(C(=O)O)=CCS[C@@H]12)c1csc(NC=O)n1. The van der Waals surface area contributed by atoms with Crippen molar-refractivity contribution in [3.05, 3.63) is 22.8 Å². The van der Waals surface area contributed by atoms with Gasteiger partial charge in [-0.3, -0.25) is 19.3 Å². The van der Waals surface area contributed by atoms with Crippen LogP contribution in [0.5, 0.6) is 0 Å². The highest BCUT2D eigenvalue weighted by Crippen LogP contribution is 2.37. The first-order valence-electron chi connectivity index (χ1n) is 9.78. The number of anilines is 1. The molecule has 1 unspecified atom stereocenters. The molecule has 3 rings (SSSR count). The standard InChI is InChI=1S/C19H21N5O8S2/c1-19(2,3)32-11(26)6-31-23-12(9-7-34-18(21-9)20-8-25)14(27)22-13-15(28)24-10(17(29)30)4-5-33-16(13)24/h4,7-8,13,16H,5-6H2,1-3H3,(H,22,27)(H,29,30)(H,20,21,25)/t13?,16-/m0/s1. The molecule has 3 amide bonds. The number of nitrogens with zero attached hydrogens (tertiary/aromatic N) is 3. The zero-order valence-electron chi connectivity index (χ0n) is 18.3. The molecule has 2 aliphatic heterocycles. The Labute approximate surface area is 201 Å². The Morgan fingerprint density at radius 2 is 2.12 bits per heavy atom. The third-order valence-electron chi connectivity index (χ3n) is 4.25. The minimum atomic E-state index is -1.24. The number of nitrogens with one attached hydrogen (secondary N) is 2. The lowest BCUT2D eigenvalue weighted by molar-refractivity contribution is -0.160. The van der Waals surface area contributed by atoms with E-state index in [9.17, 15) is 29.1 Å². The van der Waals surface area contributed by atoms with Crippen molar-refractivity contribution in [3.63, 3.8) is 0 Å². The first kappa shape index (κ1) is 25.2. The van der Waals surface area contributed by atoms with E-state index in [1.807, 2.05) is 0 Å². The number of β-lactam (4-membered cyclic amide) rings is 1. The molecule has 3 N–H and O–H groups in total. The van der Waals surface area contributed by atoms with Crippen LogP contribution in [0.15, 0.2) is 22.3 Å². The number of ether oxygens (including phenoxy) is 1. The Morgan fingerprint density at radius 1 is 1.38 bits per heavy atom. The van der Waals surface area contributed by atoms with Crippen molar-refractivity contribution in [2.45, 2.75) is 37.8 Å². The number of aliphatic carboxylic acids is 1. The van der Waals surface area contributed by atoms with Gasteiger partial charge in [0.05, 0.1) is 0 Å². The average molecular weight is 512 g/mol. The fourth-order valence-corrected chi connectivity index (χ4v) is 4.82. The molecule has 1 aromatic heterocycles. The summed E-state index contributed by atoms with van der Waals surface area (Å²) in [4.78, 5) is 69.6. The predicted octanol–water partition coefficient (Wildman–Crippen LogP) is 0.142. The predicted molar refractivity (Wildman–Crippen MR) is 121 cm³/mol. The maximum absolute atomic E-state index is 13.0. The van der Waals surface area contributed by atoms with Crippen molar-refractivity contribution in [1.29, 1.82) is 0 Å². The Hall–Kier alpha value is -3.46. The fourth-order valence-electron chi connectivity index (χ4n) is 2.97. The Balaban J connectivity index is 1.75. The van der Waals surface area contributed by atoms with Crippen molar-refractivity contribution in [2.75, 3.05) is 17.7 Å².